The second-order valence-electron chi connectivity index (χ2n) is 5.31. The standard InChI is InChI=1S/C17H18N2O2S/c1-10-14(16(20)21-4)15(13-8-6-5-7-9-13)19-11(2)12(3)22-17(19)18-10/h5-9,15H,1-4H3/t15-/m0/s1. The number of carbonyl (C=O) groups excluding carboxylic acids is 1. The molecule has 22 heavy (non-hydrogen) atoms. The highest BCUT2D eigenvalue weighted by atomic mass is 32.2. The second kappa shape index (κ2) is 5.65. The van der Waals surface area contributed by atoms with Gasteiger partial charge in [0.25, 0.3) is 0 Å². The lowest BCUT2D eigenvalue weighted by Gasteiger charge is -2.35. The SMILES string of the molecule is COC(=O)C1=C(C)N=C2SC(C)=C(C)N2[C@H]1c1ccccc1. The number of fused-ring (bicyclic) bond motifs is 1. The van der Waals surface area contributed by atoms with E-state index in [1.54, 1.807) is 11.8 Å². The van der Waals surface area contributed by atoms with Crippen molar-refractivity contribution in [2.45, 2.75) is 26.8 Å². The molecule has 2 heterocycles. The lowest BCUT2D eigenvalue weighted by molar-refractivity contribution is -0.136. The molecule has 0 bridgehead atoms. The lowest BCUT2D eigenvalue weighted by atomic mass is 9.94. The zero-order valence-corrected chi connectivity index (χ0v) is 13.9. The van der Waals surface area contributed by atoms with E-state index in [4.69, 9.17) is 4.74 Å². The van der Waals surface area contributed by atoms with Crippen LogP contribution in [0.4, 0.5) is 0 Å². The molecule has 0 aromatic heterocycles. The number of nitrogens with zero attached hydrogens (tertiary/aromatic N) is 2. The Bertz CT molecular complexity index is 719. The zero-order valence-electron chi connectivity index (χ0n) is 13.1. The largest absolute Gasteiger partial charge is 0.466 e. The number of hydrogen-bond donors (Lipinski definition) is 0. The van der Waals surface area contributed by atoms with E-state index in [0.29, 0.717) is 5.57 Å². The van der Waals surface area contributed by atoms with Crippen molar-refractivity contribution in [3.05, 3.63) is 57.8 Å². The molecule has 0 N–H and O–H groups in total. The van der Waals surface area contributed by atoms with Crippen LogP contribution in [0.1, 0.15) is 32.4 Å². The smallest absolute Gasteiger partial charge is 0.338 e. The summed E-state index contributed by atoms with van der Waals surface area (Å²) in [7, 11) is 1.41. The molecule has 0 saturated carbocycles. The Labute approximate surface area is 134 Å². The molecule has 2 aliphatic heterocycles. The Morgan fingerprint density at radius 1 is 1.23 bits per heavy atom. The van der Waals surface area contributed by atoms with Gasteiger partial charge in [0.2, 0.25) is 0 Å². The maximum atomic E-state index is 12.3. The van der Waals surface area contributed by atoms with Crippen molar-refractivity contribution in [3.63, 3.8) is 0 Å². The first kappa shape index (κ1) is 14.9. The van der Waals surface area contributed by atoms with Crippen molar-refractivity contribution in [3.8, 4) is 0 Å². The first-order chi connectivity index (χ1) is 10.5. The fourth-order valence-electron chi connectivity index (χ4n) is 2.80. The highest BCUT2D eigenvalue weighted by Gasteiger charge is 2.40. The van der Waals surface area contributed by atoms with Gasteiger partial charge >= 0.3 is 5.97 Å². The van der Waals surface area contributed by atoms with Crippen molar-refractivity contribution in [1.29, 1.82) is 0 Å². The number of allylic oxidation sites excluding steroid dienone is 3. The maximum Gasteiger partial charge on any atom is 0.338 e. The Balaban J connectivity index is 2.19. The Hall–Kier alpha value is -2.01. The predicted molar refractivity (Wildman–Crippen MR) is 89.1 cm³/mol. The minimum Gasteiger partial charge on any atom is -0.466 e. The van der Waals surface area contributed by atoms with Crippen molar-refractivity contribution >= 4 is 22.9 Å². The Morgan fingerprint density at radius 2 is 1.91 bits per heavy atom. The number of amidine groups is 1. The maximum absolute atomic E-state index is 12.3. The molecule has 114 valence electrons. The van der Waals surface area contributed by atoms with Crippen molar-refractivity contribution in [2.75, 3.05) is 7.11 Å². The van der Waals surface area contributed by atoms with Crippen LogP contribution < -0.4 is 0 Å². The Morgan fingerprint density at radius 3 is 2.55 bits per heavy atom. The fourth-order valence-corrected chi connectivity index (χ4v) is 3.85. The van der Waals surface area contributed by atoms with E-state index in [1.807, 2.05) is 37.3 Å². The Kier molecular flexibility index (Phi) is 3.83. The summed E-state index contributed by atoms with van der Waals surface area (Å²) >= 11 is 1.65. The first-order valence-electron chi connectivity index (χ1n) is 7.12. The van der Waals surface area contributed by atoms with Crippen LogP contribution in [-0.2, 0) is 9.53 Å². The van der Waals surface area contributed by atoms with Gasteiger partial charge in [-0.25, -0.2) is 9.79 Å². The number of ether oxygens (including phenoxy) is 1. The van der Waals surface area contributed by atoms with Crippen LogP contribution in [0, 0.1) is 0 Å². The molecule has 0 spiro atoms. The summed E-state index contributed by atoms with van der Waals surface area (Å²) in [5, 5.41) is 0.925. The highest BCUT2D eigenvalue weighted by molar-refractivity contribution is 8.17. The van der Waals surface area contributed by atoms with Crippen LogP contribution in [0.25, 0.3) is 0 Å². The number of rotatable bonds is 2. The summed E-state index contributed by atoms with van der Waals surface area (Å²) in [5.41, 5.74) is 3.52. The monoisotopic (exact) mass is 314 g/mol. The summed E-state index contributed by atoms with van der Waals surface area (Å²) in [6.45, 7) is 6.02. The van der Waals surface area contributed by atoms with Crippen molar-refractivity contribution < 1.29 is 9.53 Å². The van der Waals surface area contributed by atoms with Crippen LogP contribution in [0.15, 0.2) is 57.2 Å². The van der Waals surface area contributed by atoms with Gasteiger partial charge in [0.05, 0.1) is 24.4 Å². The molecular formula is C17H18N2O2S. The topological polar surface area (TPSA) is 41.9 Å². The number of aliphatic imine (C=N–C) groups is 1. The van der Waals surface area contributed by atoms with Crippen LogP contribution in [-0.4, -0.2) is 23.1 Å². The summed E-state index contributed by atoms with van der Waals surface area (Å²) in [4.78, 5) is 20.3. The third kappa shape index (κ3) is 2.25. The molecule has 1 atom stereocenters. The van der Waals surface area contributed by atoms with Gasteiger partial charge in [-0.2, -0.15) is 0 Å². The summed E-state index contributed by atoms with van der Waals surface area (Å²) in [5.74, 6) is -0.323. The number of esters is 1. The average Bonchev–Trinajstić information content (AvgIpc) is 2.80. The molecule has 0 amide bonds. The van der Waals surface area contributed by atoms with Gasteiger partial charge in [-0.15, -0.1) is 0 Å². The average molecular weight is 314 g/mol. The van der Waals surface area contributed by atoms with Crippen LogP contribution in [0.5, 0.6) is 0 Å². The van der Waals surface area contributed by atoms with Gasteiger partial charge in [-0.3, -0.25) is 0 Å². The number of benzene rings is 1. The molecule has 2 aliphatic rings. The molecule has 5 heteroatoms. The molecule has 1 aromatic rings. The number of hydrogen-bond acceptors (Lipinski definition) is 5. The van der Waals surface area contributed by atoms with Crippen LogP contribution in [0.3, 0.4) is 0 Å². The van der Waals surface area contributed by atoms with Crippen molar-refractivity contribution in [1.82, 2.24) is 4.90 Å². The molecule has 1 aromatic carbocycles. The summed E-state index contributed by atoms with van der Waals surface area (Å²) < 4.78 is 5.01. The van der Waals surface area contributed by atoms with Gasteiger partial charge in [0.1, 0.15) is 0 Å². The number of thioether (sulfide) groups is 1. The van der Waals surface area contributed by atoms with E-state index >= 15 is 0 Å². The molecule has 0 fully saturated rings. The van der Waals surface area contributed by atoms with Crippen LogP contribution >= 0.6 is 11.8 Å². The molecular weight excluding hydrogens is 296 g/mol. The van der Waals surface area contributed by atoms with Gasteiger partial charge in [0, 0.05) is 10.6 Å². The minimum absolute atomic E-state index is 0.189. The molecule has 0 unspecified atom stereocenters. The summed E-state index contributed by atoms with van der Waals surface area (Å²) in [6, 6.07) is 9.83. The van der Waals surface area contributed by atoms with E-state index in [-0.39, 0.29) is 12.0 Å². The normalized spacial score (nSPS) is 21.0. The zero-order chi connectivity index (χ0) is 15.9. The van der Waals surface area contributed by atoms with E-state index in [2.05, 4.69) is 23.7 Å². The van der Waals surface area contributed by atoms with Gasteiger partial charge in [-0.1, -0.05) is 42.1 Å². The minimum atomic E-state index is -0.323. The van der Waals surface area contributed by atoms with Gasteiger partial charge < -0.3 is 9.64 Å². The van der Waals surface area contributed by atoms with Gasteiger partial charge in [-0.05, 0) is 26.3 Å². The van der Waals surface area contributed by atoms with Gasteiger partial charge in [0.15, 0.2) is 5.17 Å². The third-order valence-corrected chi connectivity index (χ3v) is 5.10. The third-order valence-electron chi connectivity index (χ3n) is 4.03. The molecule has 0 radical (unpaired) electrons. The molecule has 0 aliphatic carbocycles. The lowest BCUT2D eigenvalue weighted by Crippen LogP contribution is -2.35. The number of carbonyl (C=O) groups is 1. The van der Waals surface area contributed by atoms with E-state index in [9.17, 15) is 4.79 Å². The molecule has 0 saturated heterocycles. The molecule has 3 rings (SSSR count). The first-order valence-corrected chi connectivity index (χ1v) is 7.93. The van der Waals surface area contributed by atoms with E-state index < -0.39 is 0 Å². The van der Waals surface area contributed by atoms with Crippen molar-refractivity contribution in [2.24, 2.45) is 4.99 Å². The quantitative estimate of drug-likeness (QED) is 0.778. The number of methoxy groups -OCH3 is 1. The molecule has 4 nitrogen and oxygen atoms in total. The van der Waals surface area contributed by atoms with E-state index in [0.717, 1.165) is 22.1 Å². The second-order valence-corrected chi connectivity index (χ2v) is 6.49. The highest BCUT2D eigenvalue weighted by Crippen LogP contribution is 2.46. The predicted octanol–water partition coefficient (Wildman–Crippen LogP) is 3.84. The van der Waals surface area contributed by atoms with E-state index in [1.165, 1.54) is 12.0 Å². The fraction of sp³-hybridized carbons (Fsp3) is 0.294. The summed E-state index contributed by atoms with van der Waals surface area (Å²) in [6.07, 6.45) is 0. The van der Waals surface area contributed by atoms with Crippen LogP contribution in [0.2, 0.25) is 0 Å².